The Kier molecular flexibility index (Phi) is 8.03. The van der Waals surface area contributed by atoms with E-state index in [9.17, 15) is 22.8 Å². The van der Waals surface area contributed by atoms with E-state index in [0.29, 0.717) is 25.7 Å². The average Bonchev–Trinajstić information content (AvgIpc) is 2.98. The van der Waals surface area contributed by atoms with Gasteiger partial charge in [-0.05, 0) is 32.1 Å². The van der Waals surface area contributed by atoms with Gasteiger partial charge in [-0.1, -0.05) is 39.5 Å². The van der Waals surface area contributed by atoms with Crippen LogP contribution in [0.4, 0.5) is 13.2 Å². The summed E-state index contributed by atoms with van der Waals surface area (Å²) in [4.78, 5) is 23.7. The van der Waals surface area contributed by atoms with E-state index in [2.05, 4.69) is 13.8 Å². The maximum atomic E-state index is 12.9. The molecule has 4 nitrogen and oxygen atoms in total. The molecule has 1 N–H and O–H groups in total. The van der Waals surface area contributed by atoms with Gasteiger partial charge < -0.3 is 10.0 Å². The van der Waals surface area contributed by atoms with Crippen molar-refractivity contribution in [2.24, 2.45) is 5.92 Å². The Morgan fingerprint density at radius 3 is 1.96 bits per heavy atom. The minimum atomic E-state index is -4.89. The van der Waals surface area contributed by atoms with Crippen LogP contribution in [0.25, 0.3) is 0 Å². The molecule has 2 rings (SSSR count). The van der Waals surface area contributed by atoms with Gasteiger partial charge >= 0.3 is 18.1 Å². The number of rotatable bonds is 3. The van der Waals surface area contributed by atoms with Gasteiger partial charge in [0.25, 0.3) is 0 Å². The van der Waals surface area contributed by atoms with Crippen LogP contribution in [0.5, 0.6) is 0 Å². The number of aliphatic carboxylic acids is 1. The number of carbonyl (C=O) groups excluding carboxylic acids is 1. The zero-order chi connectivity index (χ0) is 18.3. The molecular formula is C17H28F3NO3. The van der Waals surface area contributed by atoms with Crippen LogP contribution in [0.2, 0.25) is 0 Å². The van der Waals surface area contributed by atoms with Crippen LogP contribution in [-0.2, 0) is 9.59 Å². The molecule has 24 heavy (non-hydrogen) atoms. The summed E-state index contributed by atoms with van der Waals surface area (Å²) in [5.74, 6) is -3.42. The third-order valence-corrected chi connectivity index (χ3v) is 4.59. The lowest BCUT2D eigenvalue weighted by Crippen LogP contribution is -2.52. The van der Waals surface area contributed by atoms with Crippen molar-refractivity contribution in [2.75, 3.05) is 0 Å². The largest absolute Gasteiger partial charge is 0.481 e. The number of carbonyl (C=O) groups is 2. The van der Waals surface area contributed by atoms with Gasteiger partial charge in [0, 0.05) is 12.1 Å². The van der Waals surface area contributed by atoms with Gasteiger partial charge in [-0.15, -0.1) is 0 Å². The lowest BCUT2D eigenvalue weighted by molar-refractivity contribution is -0.191. The predicted molar refractivity (Wildman–Crippen MR) is 84.5 cm³/mol. The van der Waals surface area contributed by atoms with E-state index in [0.717, 1.165) is 24.2 Å². The predicted octanol–water partition coefficient (Wildman–Crippen LogP) is 4.38. The van der Waals surface area contributed by atoms with Crippen molar-refractivity contribution in [3.05, 3.63) is 0 Å². The first-order chi connectivity index (χ1) is 11.2. The summed E-state index contributed by atoms with van der Waals surface area (Å²) < 4.78 is 38.6. The molecule has 2 aliphatic carbocycles. The van der Waals surface area contributed by atoms with Crippen molar-refractivity contribution >= 4 is 11.9 Å². The Morgan fingerprint density at radius 2 is 1.54 bits per heavy atom. The highest BCUT2D eigenvalue weighted by molar-refractivity contribution is 5.82. The highest BCUT2D eigenvalue weighted by Gasteiger charge is 2.48. The van der Waals surface area contributed by atoms with E-state index in [1.165, 1.54) is 6.42 Å². The number of carboxylic acids is 1. The highest BCUT2D eigenvalue weighted by Crippen LogP contribution is 2.36. The summed E-state index contributed by atoms with van der Waals surface area (Å²) in [5.41, 5.74) is 0. The molecule has 0 bridgehead atoms. The van der Waals surface area contributed by atoms with E-state index >= 15 is 0 Å². The van der Waals surface area contributed by atoms with Crippen LogP contribution in [0.1, 0.15) is 71.6 Å². The minimum Gasteiger partial charge on any atom is -0.481 e. The molecule has 7 heteroatoms. The molecule has 2 saturated carbocycles. The van der Waals surface area contributed by atoms with Crippen LogP contribution >= 0.6 is 0 Å². The van der Waals surface area contributed by atoms with Crippen LogP contribution in [0, 0.1) is 5.92 Å². The topological polar surface area (TPSA) is 57.6 Å². The van der Waals surface area contributed by atoms with Crippen LogP contribution in [0.15, 0.2) is 0 Å². The van der Waals surface area contributed by atoms with Crippen molar-refractivity contribution in [1.82, 2.24) is 4.90 Å². The maximum absolute atomic E-state index is 12.9. The SMILES string of the molecule is CCC.O=C(O)C1CCC(N(C(=O)C(F)(F)F)C2CCCCC2)C1. The van der Waals surface area contributed by atoms with Gasteiger partial charge in [0.1, 0.15) is 0 Å². The second kappa shape index (κ2) is 9.28. The van der Waals surface area contributed by atoms with E-state index in [1.54, 1.807) is 0 Å². The molecule has 140 valence electrons. The molecule has 0 spiro atoms. The second-order valence-corrected chi connectivity index (χ2v) is 6.71. The molecule has 1 amide bonds. The summed E-state index contributed by atoms with van der Waals surface area (Å²) >= 11 is 0. The monoisotopic (exact) mass is 351 g/mol. The Hall–Kier alpha value is -1.27. The molecule has 0 saturated heterocycles. The number of nitrogens with zero attached hydrogens (tertiary/aromatic N) is 1. The van der Waals surface area contributed by atoms with Gasteiger partial charge in [-0.3, -0.25) is 9.59 Å². The van der Waals surface area contributed by atoms with Gasteiger partial charge in [0.2, 0.25) is 0 Å². The minimum absolute atomic E-state index is 0.133. The fourth-order valence-corrected chi connectivity index (χ4v) is 3.57. The number of carboxylic acid groups (broad SMARTS) is 1. The van der Waals surface area contributed by atoms with Gasteiger partial charge in [-0.25, -0.2) is 0 Å². The second-order valence-electron chi connectivity index (χ2n) is 6.71. The fourth-order valence-electron chi connectivity index (χ4n) is 3.57. The summed E-state index contributed by atoms with van der Waals surface area (Å²) in [7, 11) is 0. The molecule has 0 aliphatic heterocycles. The lowest BCUT2D eigenvalue weighted by Gasteiger charge is -2.39. The van der Waals surface area contributed by atoms with Crippen molar-refractivity contribution in [3.63, 3.8) is 0 Å². The molecule has 2 fully saturated rings. The number of amides is 1. The molecule has 0 heterocycles. The van der Waals surface area contributed by atoms with Gasteiger partial charge in [0.15, 0.2) is 0 Å². The fraction of sp³-hybridized carbons (Fsp3) is 0.882. The van der Waals surface area contributed by atoms with E-state index in [4.69, 9.17) is 5.11 Å². The summed E-state index contributed by atoms with van der Waals surface area (Å²) in [6.07, 6.45) is 0.956. The molecule has 2 aliphatic rings. The maximum Gasteiger partial charge on any atom is 0.471 e. The van der Waals surface area contributed by atoms with Crippen molar-refractivity contribution in [3.8, 4) is 0 Å². The van der Waals surface area contributed by atoms with E-state index in [-0.39, 0.29) is 6.42 Å². The standard InChI is InChI=1S/C14H20F3NO3.C3H8/c15-14(16,17)13(21)18(10-4-2-1-3-5-10)11-7-6-9(8-11)12(19)20;1-3-2/h9-11H,1-8H2,(H,19,20);3H2,1-2H3. The molecule has 2 atom stereocenters. The normalized spacial score (nSPS) is 24.9. The summed E-state index contributed by atoms with van der Waals surface area (Å²) in [6, 6.07) is -0.992. The smallest absolute Gasteiger partial charge is 0.471 e. The Balaban J connectivity index is 0.000000891. The Bertz CT molecular complexity index is 420. The Morgan fingerprint density at radius 1 is 1.00 bits per heavy atom. The molecule has 0 aromatic heterocycles. The molecule has 0 aromatic rings. The van der Waals surface area contributed by atoms with Gasteiger partial charge in [0.05, 0.1) is 5.92 Å². The number of hydrogen-bond donors (Lipinski definition) is 1. The van der Waals surface area contributed by atoms with Crippen molar-refractivity contribution in [2.45, 2.75) is 89.9 Å². The van der Waals surface area contributed by atoms with Crippen LogP contribution < -0.4 is 0 Å². The first-order valence-electron chi connectivity index (χ1n) is 8.84. The first kappa shape index (κ1) is 20.8. The zero-order valence-corrected chi connectivity index (χ0v) is 14.4. The Labute approximate surface area is 141 Å². The van der Waals surface area contributed by atoms with Gasteiger partial charge in [-0.2, -0.15) is 13.2 Å². The van der Waals surface area contributed by atoms with Crippen LogP contribution in [-0.4, -0.2) is 40.1 Å². The van der Waals surface area contributed by atoms with E-state index in [1.807, 2.05) is 0 Å². The zero-order valence-electron chi connectivity index (χ0n) is 14.4. The summed E-state index contributed by atoms with van der Waals surface area (Å²) in [5, 5.41) is 9.00. The van der Waals surface area contributed by atoms with Crippen molar-refractivity contribution < 1.29 is 27.9 Å². The first-order valence-corrected chi connectivity index (χ1v) is 8.84. The lowest BCUT2D eigenvalue weighted by atomic mass is 9.92. The summed E-state index contributed by atoms with van der Waals surface area (Å²) in [6.45, 7) is 4.25. The number of halogens is 3. The third kappa shape index (κ3) is 5.67. The molecular weight excluding hydrogens is 323 g/mol. The number of hydrogen-bond acceptors (Lipinski definition) is 2. The molecule has 2 unspecified atom stereocenters. The third-order valence-electron chi connectivity index (χ3n) is 4.59. The average molecular weight is 351 g/mol. The van der Waals surface area contributed by atoms with Crippen LogP contribution in [0.3, 0.4) is 0 Å². The van der Waals surface area contributed by atoms with Crippen molar-refractivity contribution in [1.29, 1.82) is 0 Å². The number of alkyl halides is 3. The highest BCUT2D eigenvalue weighted by atomic mass is 19.4. The molecule has 0 aromatic carbocycles. The quantitative estimate of drug-likeness (QED) is 0.821. The molecule has 0 radical (unpaired) electrons. The van der Waals surface area contributed by atoms with E-state index < -0.39 is 36.1 Å².